The summed E-state index contributed by atoms with van der Waals surface area (Å²) in [5, 5.41) is 24.2. The lowest BCUT2D eigenvalue weighted by molar-refractivity contribution is -0.136. The van der Waals surface area contributed by atoms with Crippen LogP contribution in [0.25, 0.3) is 0 Å². The fourth-order valence-electron chi connectivity index (χ4n) is 8.44. The maximum atomic E-state index is 14.3. The second-order valence-corrected chi connectivity index (χ2v) is 21.2. The van der Waals surface area contributed by atoms with Gasteiger partial charge in [0.15, 0.2) is 11.9 Å². The Morgan fingerprint density at radius 1 is 0.430 bits per heavy atom. The Balaban J connectivity index is 6.23. The number of carbonyl (C=O) groups is 9. The third-order valence-corrected chi connectivity index (χ3v) is 12.8. The summed E-state index contributed by atoms with van der Waals surface area (Å²) in [6.45, 7) is 13.9. The first kappa shape index (κ1) is 72.7. The summed E-state index contributed by atoms with van der Waals surface area (Å²) in [5.74, 6) is -6.68. The number of hydrogen-bond acceptors (Lipinski definition) is 12. The summed E-state index contributed by atoms with van der Waals surface area (Å²) in [4.78, 5) is 129. The van der Waals surface area contributed by atoms with E-state index < -0.39 is 89.6 Å². The topological polar surface area (TPSA) is 417 Å². The molecule has 0 aromatic heterocycles. The highest BCUT2D eigenvalue weighted by atomic mass is 16.2. The van der Waals surface area contributed by atoms with Crippen molar-refractivity contribution in [3.8, 4) is 0 Å². The van der Waals surface area contributed by atoms with Crippen LogP contribution in [0.2, 0.25) is 0 Å². The molecule has 25 heteroatoms. The van der Waals surface area contributed by atoms with Crippen LogP contribution in [0.3, 0.4) is 0 Å². The van der Waals surface area contributed by atoms with Crippen LogP contribution in [0, 0.1) is 18.4 Å². The molecule has 19 N–H and O–H groups in total. The number of amides is 9. The highest BCUT2D eigenvalue weighted by Gasteiger charge is 2.33. The van der Waals surface area contributed by atoms with Crippen molar-refractivity contribution in [1.82, 2.24) is 47.9 Å². The van der Waals surface area contributed by atoms with Crippen molar-refractivity contribution in [3.63, 3.8) is 0 Å². The smallest absolute Gasteiger partial charge is 0.243 e. The molecule has 7 atom stereocenters. The molecule has 0 saturated heterocycles. The quantitative estimate of drug-likeness (QED) is 0.0229. The SMILES string of the molecule is CCCCCCCCCCCCCCCC(=O)NC(CCNC)C(=O)NC(CC(C)C)C(=O)NC(CCCN=C(N)N)C(=O)NC(CCCN=C(N)N)C(=O)NC(C)C(=O)NC(CC)C(=O)NC(CC(C)C)C(=O)N[CH]C(N)=O. The predicted molar refractivity (Wildman–Crippen MR) is 309 cm³/mol. The minimum absolute atomic E-state index is 0.0125. The lowest BCUT2D eigenvalue weighted by Crippen LogP contribution is -2.60. The third kappa shape index (κ3) is 36.5. The standard InChI is InChI=1S/C54H103N16O9/c1-9-11-12-13-14-15-16-17-18-19-20-21-22-27-45(72)65-41(28-31-60-8)51(78)70-43(33-36(5)6)52(79)68-40(26-24-30-62-54(58)59)50(77)67-39(25-23-29-61-53(56)57)49(76)64-37(7)46(73)66-38(10-2)48(75)69-42(32-35(3)4)47(74)63-34-44(55)71/h34-43,60H,9-33H2,1-8H3,(H2,55,71)(H,63,74)(H,64,76)(H,65,72)(H,66,73)(H,67,77)(H,68,79)(H,69,75)(H,70,78)(H4,56,57,61)(H4,58,59,62). The average molecular weight is 1120 g/mol. The van der Waals surface area contributed by atoms with Gasteiger partial charge in [-0.1, -0.05) is 119 Å². The number of aliphatic imine (C=N–C) groups is 2. The van der Waals surface area contributed by atoms with Crippen LogP contribution in [0.5, 0.6) is 0 Å². The fraction of sp³-hybridized carbons (Fsp3) is 0.778. The molecule has 0 aliphatic carbocycles. The number of carbonyl (C=O) groups excluding carboxylic acids is 9. The van der Waals surface area contributed by atoms with E-state index in [4.69, 9.17) is 28.7 Å². The van der Waals surface area contributed by atoms with Crippen LogP contribution in [0.1, 0.15) is 190 Å². The number of guanidine groups is 2. The van der Waals surface area contributed by atoms with Crippen LogP contribution in [0.4, 0.5) is 0 Å². The molecule has 0 fully saturated rings. The lowest BCUT2D eigenvalue weighted by Gasteiger charge is -2.28. The van der Waals surface area contributed by atoms with E-state index in [0.29, 0.717) is 13.0 Å². The van der Waals surface area contributed by atoms with Crippen molar-refractivity contribution < 1.29 is 43.2 Å². The van der Waals surface area contributed by atoms with Gasteiger partial charge in [-0.15, -0.1) is 0 Å². The van der Waals surface area contributed by atoms with Crippen molar-refractivity contribution in [2.75, 3.05) is 26.7 Å². The average Bonchev–Trinajstić information content (AvgIpc) is 3.37. The molecule has 453 valence electrons. The molecule has 0 aliphatic rings. The lowest BCUT2D eigenvalue weighted by atomic mass is 10.0. The highest BCUT2D eigenvalue weighted by Crippen LogP contribution is 2.14. The normalized spacial score (nSPS) is 13.7. The zero-order chi connectivity index (χ0) is 59.7. The van der Waals surface area contributed by atoms with Gasteiger partial charge in [-0.3, -0.25) is 53.1 Å². The molecule has 7 unspecified atom stereocenters. The summed E-state index contributed by atoms with van der Waals surface area (Å²) in [7, 11) is 1.73. The predicted octanol–water partition coefficient (Wildman–Crippen LogP) is 0.863. The maximum absolute atomic E-state index is 14.3. The summed E-state index contributed by atoms with van der Waals surface area (Å²) < 4.78 is 0. The van der Waals surface area contributed by atoms with Gasteiger partial charge in [0, 0.05) is 19.5 Å². The van der Waals surface area contributed by atoms with E-state index in [0.717, 1.165) is 25.8 Å². The second-order valence-electron chi connectivity index (χ2n) is 21.2. The van der Waals surface area contributed by atoms with Gasteiger partial charge in [0.25, 0.3) is 0 Å². The first-order valence-corrected chi connectivity index (χ1v) is 28.8. The Bertz CT molecular complexity index is 1890. The highest BCUT2D eigenvalue weighted by molar-refractivity contribution is 5.98. The number of hydrogen-bond donors (Lipinski definition) is 14. The van der Waals surface area contributed by atoms with E-state index in [1.807, 2.05) is 27.7 Å². The van der Waals surface area contributed by atoms with E-state index in [1.54, 1.807) is 14.0 Å². The molecule has 0 aromatic rings. The number of nitrogens with one attached hydrogen (secondary N) is 9. The minimum atomic E-state index is -1.31. The van der Waals surface area contributed by atoms with Crippen molar-refractivity contribution >= 4 is 65.1 Å². The van der Waals surface area contributed by atoms with E-state index >= 15 is 0 Å². The van der Waals surface area contributed by atoms with E-state index in [9.17, 15) is 43.2 Å². The number of primary amides is 1. The van der Waals surface area contributed by atoms with Crippen molar-refractivity contribution in [1.29, 1.82) is 0 Å². The van der Waals surface area contributed by atoms with Crippen LogP contribution >= 0.6 is 0 Å². The molecular weight excluding hydrogens is 1020 g/mol. The van der Waals surface area contributed by atoms with E-state index in [2.05, 4.69) is 64.8 Å². The molecule has 0 aliphatic heterocycles. The number of unbranched alkanes of at least 4 members (excludes halogenated alkanes) is 12. The van der Waals surface area contributed by atoms with Gasteiger partial charge in [-0.2, -0.15) is 0 Å². The Morgan fingerprint density at radius 3 is 1.23 bits per heavy atom. The third-order valence-electron chi connectivity index (χ3n) is 12.8. The Morgan fingerprint density at radius 2 is 0.810 bits per heavy atom. The Labute approximate surface area is 470 Å². The monoisotopic (exact) mass is 1120 g/mol. The molecule has 0 saturated carbocycles. The Kier molecular flexibility index (Phi) is 40.1. The molecule has 1 radical (unpaired) electrons. The maximum Gasteiger partial charge on any atom is 0.243 e. The van der Waals surface area contributed by atoms with Gasteiger partial charge in [-0.25, -0.2) is 0 Å². The molecule has 0 heterocycles. The number of nitrogens with two attached hydrogens (primary N) is 5. The largest absolute Gasteiger partial charge is 0.370 e. The molecule has 0 bridgehead atoms. The first-order chi connectivity index (χ1) is 37.4. The molecule has 0 rings (SSSR count). The van der Waals surface area contributed by atoms with Crippen LogP contribution in [0.15, 0.2) is 9.98 Å². The summed E-state index contributed by atoms with van der Waals surface area (Å²) in [6.07, 6.45) is 16.5. The van der Waals surface area contributed by atoms with Crippen LogP contribution in [-0.2, 0) is 43.2 Å². The van der Waals surface area contributed by atoms with Crippen molar-refractivity contribution in [2.24, 2.45) is 50.5 Å². The molecule has 79 heavy (non-hydrogen) atoms. The van der Waals surface area contributed by atoms with Crippen LogP contribution in [-0.4, -0.2) is 134 Å². The second kappa shape index (κ2) is 43.6. The number of nitrogens with zero attached hydrogens (tertiary/aromatic N) is 2. The molecular formula is C54H103N16O9. The van der Waals surface area contributed by atoms with Gasteiger partial charge in [-0.05, 0) is 90.1 Å². The van der Waals surface area contributed by atoms with Gasteiger partial charge >= 0.3 is 0 Å². The van der Waals surface area contributed by atoms with Crippen LogP contribution < -0.4 is 76.5 Å². The van der Waals surface area contributed by atoms with Gasteiger partial charge in [0.2, 0.25) is 53.2 Å². The molecule has 0 spiro atoms. The minimum Gasteiger partial charge on any atom is -0.370 e. The summed E-state index contributed by atoms with van der Waals surface area (Å²) in [5.41, 5.74) is 27.3. The molecule has 0 aromatic carbocycles. The zero-order valence-corrected chi connectivity index (χ0v) is 48.9. The summed E-state index contributed by atoms with van der Waals surface area (Å²) in [6, 6.07) is -8.17. The van der Waals surface area contributed by atoms with Crippen molar-refractivity contribution in [3.05, 3.63) is 6.54 Å². The zero-order valence-electron chi connectivity index (χ0n) is 48.9. The number of rotatable bonds is 46. The van der Waals surface area contributed by atoms with E-state index in [1.165, 1.54) is 64.7 Å². The Hall–Kier alpha value is -6.27. The van der Waals surface area contributed by atoms with E-state index in [-0.39, 0.29) is 101 Å². The van der Waals surface area contributed by atoms with Gasteiger partial charge in [0.1, 0.15) is 48.8 Å². The summed E-state index contributed by atoms with van der Waals surface area (Å²) >= 11 is 0. The fourth-order valence-corrected chi connectivity index (χ4v) is 8.44. The molecule has 25 nitrogen and oxygen atoms in total. The van der Waals surface area contributed by atoms with Crippen molar-refractivity contribution in [2.45, 2.75) is 232 Å². The van der Waals surface area contributed by atoms with Gasteiger partial charge < -0.3 is 76.5 Å². The first-order valence-electron chi connectivity index (χ1n) is 28.8. The van der Waals surface area contributed by atoms with Gasteiger partial charge in [0.05, 0.1) is 0 Å². The molecule has 9 amide bonds.